The predicted octanol–water partition coefficient (Wildman–Crippen LogP) is 3.39. The number of thiophene rings is 1. The van der Waals surface area contributed by atoms with Gasteiger partial charge in [0.25, 0.3) is 11.6 Å². The van der Waals surface area contributed by atoms with E-state index in [0.29, 0.717) is 17.8 Å². The molecule has 6 nitrogen and oxygen atoms in total. The summed E-state index contributed by atoms with van der Waals surface area (Å²) >= 11 is 4.89. The lowest BCUT2D eigenvalue weighted by Crippen LogP contribution is -2.22. The van der Waals surface area contributed by atoms with Crippen LogP contribution in [-0.2, 0) is 6.54 Å². The van der Waals surface area contributed by atoms with Crippen molar-refractivity contribution in [1.82, 2.24) is 5.32 Å². The van der Waals surface area contributed by atoms with Gasteiger partial charge in [0.1, 0.15) is 5.69 Å². The van der Waals surface area contributed by atoms with E-state index >= 15 is 0 Å². The first-order valence-corrected chi connectivity index (χ1v) is 7.66. The Morgan fingerprint density at radius 1 is 1.43 bits per heavy atom. The largest absolute Gasteiger partial charge is 0.383 e. The van der Waals surface area contributed by atoms with Crippen LogP contribution < -0.4 is 10.6 Å². The van der Waals surface area contributed by atoms with Gasteiger partial charge in [-0.05, 0) is 34.1 Å². The molecule has 2 N–H and O–H groups in total. The Hall–Kier alpha value is -1.93. The minimum atomic E-state index is -0.489. The Bertz CT molecular complexity index is 687. The van der Waals surface area contributed by atoms with Crippen LogP contribution in [0.15, 0.2) is 34.1 Å². The number of anilines is 1. The lowest BCUT2D eigenvalue weighted by Gasteiger charge is -2.06. The molecule has 1 aromatic heterocycles. The molecule has 21 heavy (non-hydrogen) atoms. The highest BCUT2D eigenvalue weighted by Crippen LogP contribution is 2.25. The van der Waals surface area contributed by atoms with Crippen LogP contribution in [0.4, 0.5) is 11.4 Å². The molecular weight excluding hydrogens is 358 g/mol. The molecule has 2 rings (SSSR count). The third-order valence-corrected chi connectivity index (χ3v) is 4.47. The molecule has 0 atom stereocenters. The van der Waals surface area contributed by atoms with Crippen molar-refractivity contribution >= 4 is 44.5 Å². The lowest BCUT2D eigenvalue weighted by atomic mass is 10.1. The standard InChI is InChI=1S/C13H12BrN3O3S/c1-15-11-4-8(2-3-12(11)17(19)20)13(18)16-6-10-5-9(14)7-21-10/h2-5,7,15H,6H2,1H3,(H,16,18). The average Bonchev–Trinajstić information content (AvgIpc) is 2.89. The molecule has 1 heterocycles. The van der Waals surface area contributed by atoms with Gasteiger partial charge in [-0.3, -0.25) is 14.9 Å². The zero-order valence-electron chi connectivity index (χ0n) is 11.1. The normalized spacial score (nSPS) is 10.2. The molecule has 8 heteroatoms. The van der Waals surface area contributed by atoms with Crippen LogP contribution >= 0.6 is 27.3 Å². The average molecular weight is 370 g/mol. The smallest absolute Gasteiger partial charge is 0.292 e. The fraction of sp³-hybridized carbons (Fsp3) is 0.154. The van der Waals surface area contributed by atoms with Crippen LogP contribution in [0.25, 0.3) is 0 Å². The molecule has 0 radical (unpaired) electrons. The number of amides is 1. The van der Waals surface area contributed by atoms with Gasteiger partial charge >= 0.3 is 0 Å². The highest BCUT2D eigenvalue weighted by molar-refractivity contribution is 9.10. The van der Waals surface area contributed by atoms with Gasteiger partial charge in [0, 0.05) is 33.4 Å². The molecule has 0 spiro atoms. The summed E-state index contributed by atoms with van der Waals surface area (Å²) < 4.78 is 0.976. The Kier molecular flexibility index (Phi) is 4.92. The van der Waals surface area contributed by atoms with Crippen LogP contribution in [0.3, 0.4) is 0 Å². The van der Waals surface area contributed by atoms with Gasteiger partial charge in [-0.2, -0.15) is 0 Å². The van der Waals surface area contributed by atoms with Crippen LogP contribution in [0.2, 0.25) is 0 Å². The molecule has 0 unspecified atom stereocenters. The van der Waals surface area contributed by atoms with Gasteiger partial charge < -0.3 is 10.6 Å². The zero-order chi connectivity index (χ0) is 15.4. The van der Waals surface area contributed by atoms with Crippen molar-refractivity contribution in [3.8, 4) is 0 Å². The number of carbonyl (C=O) groups excluding carboxylic acids is 1. The molecule has 0 saturated carbocycles. The summed E-state index contributed by atoms with van der Waals surface area (Å²) in [5, 5.41) is 18.3. The van der Waals surface area contributed by atoms with Crippen LogP contribution in [0.5, 0.6) is 0 Å². The Balaban J connectivity index is 2.10. The van der Waals surface area contributed by atoms with E-state index in [1.165, 1.54) is 29.5 Å². The van der Waals surface area contributed by atoms with Gasteiger partial charge in [-0.1, -0.05) is 0 Å². The molecule has 1 amide bonds. The number of benzene rings is 1. The number of carbonyl (C=O) groups is 1. The van der Waals surface area contributed by atoms with Gasteiger partial charge in [-0.25, -0.2) is 0 Å². The molecule has 0 aliphatic rings. The van der Waals surface area contributed by atoms with Crippen LogP contribution in [-0.4, -0.2) is 17.9 Å². The van der Waals surface area contributed by atoms with Crippen LogP contribution in [0.1, 0.15) is 15.2 Å². The second-order valence-electron chi connectivity index (χ2n) is 4.15. The SMILES string of the molecule is CNc1cc(C(=O)NCc2cc(Br)cs2)ccc1[N+](=O)[O-]. The van der Waals surface area contributed by atoms with Gasteiger partial charge in [-0.15, -0.1) is 11.3 Å². The molecule has 0 fully saturated rings. The Morgan fingerprint density at radius 2 is 2.19 bits per heavy atom. The molecular formula is C13H12BrN3O3S. The first-order valence-electron chi connectivity index (χ1n) is 5.98. The summed E-state index contributed by atoms with van der Waals surface area (Å²) in [6.07, 6.45) is 0. The molecule has 0 aliphatic carbocycles. The van der Waals surface area contributed by atoms with Crippen molar-refractivity contribution in [1.29, 1.82) is 0 Å². The maximum atomic E-state index is 12.1. The Morgan fingerprint density at radius 3 is 2.76 bits per heavy atom. The van der Waals surface area contributed by atoms with Crippen molar-refractivity contribution in [2.75, 3.05) is 12.4 Å². The fourth-order valence-corrected chi connectivity index (χ4v) is 3.14. The minimum absolute atomic E-state index is 0.0590. The van der Waals surface area contributed by atoms with Crippen molar-refractivity contribution < 1.29 is 9.72 Å². The minimum Gasteiger partial charge on any atom is -0.383 e. The van der Waals surface area contributed by atoms with Gasteiger partial charge in [0.2, 0.25) is 0 Å². The summed E-state index contributed by atoms with van der Waals surface area (Å²) in [4.78, 5) is 23.4. The fourth-order valence-electron chi connectivity index (χ4n) is 1.75. The van der Waals surface area contributed by atoms with Crippen molar-refractivity contribution in [2.24, 2.45) is 0 Å². The highest BCUT2D eigenvalue weighted by Gasteiger charge is 2.15. The van der Waals surface area contributed by atoms with E-state index in [1.54, 1.807) is 7.05 Å². The van der Waals surface area contributed by atoms with E-state index in [2.05, 4.69) is 26.6 Å². The Labute approximate surface area is 133 Å². The zero-order valence-corrected chi connectivity index (χ0v) is 13.5. The van der Waals surface area contributed by atoms with Gasteiger partial charge in [0.05, 0.1) is 11.5 Å². The molecule has 0 aliphatic heterocycles. The quantitative estimate of drug-likeness (QED) is 0.624. The number of nitrogens with zero attached hydrogens (tertiary/aromatic N) is 1. The first kappa shape index (κ1) is 15.5. The van der Waals surface area contributed by atoms with E-state index in [0.717, 1.165) is 9.35 Å². The summed E-state index contributed by atoms with van der Waals surface area (Å²) in [5.74, 6) is -0.272. The van der Waals surface area contributed by atoms with Crippen LogP contribution in [0, 0.1) is 10.1 Å². The summed E-state index contributed by atoms with van der Waals surface area (Å²) in [7, 11) is 1.58. The van der Waals surface area contributed by atoms with Gasteiger partial charge in [0.15, 0.2) is 0 Å². The molecule has 0 bridgehead atoms. The number of halogens is 1. The number of nitro benzene ring substituents is 1. The third kappa shape index (κ3) is 3.79. The second kappa shape index (κ2) is 6.68. The molecule has 2 aromatic rings. The number of rotatable bonds is 5. The monoisotopic (exact) mass is 369 g/mol. The summed E-state index contributed by atoms with van der Waals surface area (Å²) in [6.45, 7) is 0.418. The summed E-state index contributed by atoms with van der Waals surface area (Å²) in [5.41, 5.74) is 0.628. The van der Waals surface area contributed by atoms with Crippen molar-refractivity contribution in [3.63, 3.8) is 0 Å². The topological polar surface area (TPSA) is 84.3 Å². The third-order valence-electron chi connectivity index (χ3n) is 2.77. The number of hydrogen-bond donors (Lipinski definition) is 2. The highest BCUT2D eigenvalue weighted by atomic mass is 79.9. The van der Waals surface area contributed by atoms with E-state index in [-0.39, 0.29) is 11.6 Å². The van der Waals surface area contributed by atoms with E-state index < -0.39 is 4.92 Å². The maximum Gasteiger partial charge on any atom is 0.292 e. The van der Waals surface area contributed by atoms with E-state index in [9.17, 15) is 14.9 Å². The van der Waals surface area contributed by atoms with E-state index in [1.807, 2.05) is 11.4 Å². The molecule has 1 aromatic carbocycles. The van der Waals surface area contributed by atoms with Crippen molar-refractivity contribution in [2.45, 2.75) is 6.54 Å². The maximum absolute atomic E-state index is 12.1. The number of nitrogens with one attached hydrogen (secondary N) is 2. The number of hydrogen-bond acceptors (Lipinski definition) is 5. The second-order valence-corrected chi connectivity index (χ2v) is 6.06. The molecule has 0 saturated heterocycles. The summed E-state index contributed by atoms with van der Waals surface area (Å²) in [6, 6.07) is 6.17. The predicted molar refractivity (Wildman–Crippen MR) is 85.8 cm³/mol. The molecule has 110 valence electrons. The van der Waals surface area contributed by atoms with E-state index in [4.69, 9.17) is 0 Å². The van der Waals surface area contributed by atoms with Crippen molar-refractivity contribution in [3.05, 3.63) is 54.7 Å². The number of nitro groups is 1. The first-order chi connectivity index (χ1) is 10.0. The lowest BCUT2D eigenvalue weighted by molar-refractivity contribution is -0.383.